The minimum absolute atomic E-state index is 0.0409. The molecule has 0 aliphatic heterocycles. The van der Waals surface area contributed by atoms with Gasteiger partial charge in [-0.3, -0.25) is 4.79 Å². The predicted octanol–water partition coefficient (Wildman–Crippen LogP) is 4.53. The van der Waals surface area contributed by atoms with Crippen LogP contribution in [0.2, 0.25) is 5.02 Å². The second-order valence-electron chi connectivity index (χ2n) is 7.19. The Morgan fingerprint density at radius 1 is 1.10 bits per heavy atom. The molecule has 0 unspecified atom stereocenters. The standard InChI is InChI=1S/C22H25ClN2O3S/c1-3-4-13-24(2)22(26)15-25-14-21(19-7-5-6-8-20(19)25)29(27,28)16-17-9-11-18(23)12-10-17/h5-12,14H,3-4,13,15-16H2,1-2H3. The third-order valence-corrected chi connectivity index (χ3v) is 6.90. The maximum Gasteiger partial charge on any atom is 0.242 e. The average molecular weight is 433 g/mol. The lowest BCUT2D eigenvalue weighted by Gasteiger charge is -2.17. The van der Waals surface area contributed by atoms with E-state index in [9.17, 15) is 13.2 Å². The van der Waals surface area contributed by atoms with Crippen molar-refractivity contribution in [2.45, 2.75) is 37.0 Å². The predicted molar refractivity (Wildman–Crippen MR) is 117 cm³/mol. The summed E-state index contributed by atoms with van der Waals surface area (Å²) >= 11 is 5.90. The summed E-state index contributed by atoms with van der Waals surface area (Å²) in [7, 11) is -1.81. The number of hydrogen-bond donors (Lipinski definition) is 0. The van der Waals surface area contributed by atoms with Gasteiger partial charge in [0.15, 0.2) is 9.84 Å². The van der Waals surface area contributed by atoms with E-state index in [0.29, 0.717) is 22.5 Å². The number of para-hydroxylation sites is 1. The average Bonchev–Trinajstić information content (AvgIpc) is 3.07. The molecule has 1 aromatic heterocycles. The fourth-order valence-electron chi connectivity index (χ4n) is 3.26. The number of benzene rings is 2. The summed E-state index contributed by atoms with van der Waals surface area (Å²) in [5, 5.41) is 1.19. The highest BCUT2D eigenvalue weighted by Crippen LogP contribution is 2.28. The van der Waals surface area contributed by atoms with Crippen molar-refractivity contribution in [2.75, 3.05) is 13.6 Å². The first-order chi connectivity index (χ1) is 13.8. The minimum Gasteiger partial charge on any atom is -0.344 e. The van der Waals surface area contributed by atoms with Crippen LogP contribution < -0.4 is 0 Å². The molecule has 5 nitrogen and oxygen atoms in total. The summed E-state index contributed by atoms with van der Waals surface area (Å²) in [6.45, 7) is 2.88. The van der Waals surface area contributed by atoms with E-state index in [0.717, 1.165) is 18.4 Å². The van der Waals surface area contributed by atoms with Gasteiger partial charge in [-0.15, -0.1) is 0 Å². The number of unbranched alkanes of at least 4 members (excludes halogenated alkanes) is 1. The molecule has 0 saturated heterocycles. The lowest BCUT2D eigenvalue weighted by Crippen LogP contribution is -2.30. The molecule has 0 fully saturated rings. The maximum absolute atomic E-state index is 13.1. The van der Waals surface area contributed by atoms with Crippen LogP contribution in [0.5, 0.6) is 0 Å². The van der Waals surface area contributed by atoms with Crippen molar-refractivity contribution in [3.05, 3.63) is 65.3 Å². The molecular weight excluding hydrogens is 408 g/mol. The van der Waals surface area contributed by atoms with Gasteiger partial charge < -0.3 is 9.47 Å². The molecule has 0 bridgehead atoms. The maximum atomic E-state index is 13.1. The first-order valence-corrected chi connectivity index (χ1v) is 11.6. The lowest BCUT2D eigenvalue weighted by atomic mass is 10.2. The largest absolute Gasteiger partial charge is 0.344 e. The van der Waals surface area contributed by atoms with Gasteiger partial charge in [0, 0.05) is 35.7 Å². The van der Waals surface area contributed by atoms with Gasteiger partial charge in [0.25, 0.3) is 0 Å². The van der Waals surface area contributed by atoms with Crippen LogP contribution in [0.4, 0.5) is 0 Å². The first-order valence-electron chi connectivity index (χ1n) is 9.61. The molecule has 29 heavy (non-hydrogen) atoms. The van der Waals surface area contributed by atoms with Crippen LogP contribution in [0, 0.1) is 0 Å². The Balaban J connectivity index is 1.93. The summed E-state index contributed by atoms with van der Waals surface area (Å²) < 4.78 is 28.0. The highest BCUT2D eigenvalue weighted by molar-refractivity contribution is 7.90. The quantitative estimate of drug-likeness (QED) is 0.525. The third kappa shape index (κ3) is 5.00. The summed E-state index contributed by atoms with van der Waals surface area (Å²) in [6, 6.07) is 14.1. The van der Waals surface area contributed by atoms with Crippen molar-refractivity contribution in [3.8, 4) is 0 Å². The number of halogens is 1. The van der Waals surface area contributed by atoms with Gasteiger partial charge in [-0.2, -0.15) is 0 Å². The first kappa shape index (κ1) is 21.4. The number of likely N-dealkylation sites (N-methyl/N-ethyl adjacent to an activating group) is 1. The van der Waals surface area contributed by atoms with Crippen LogP contribution in [0.15, 0.2) is 59.6 Å². The van der Waals surface area contributed by atoms with Crippen molar-refractivity contribution in [3.63, 3.8) is 0 Å². The number of sulfone groups is 1. The van der Waals surface area contributed by atoms with E-state index in [-0.39, 0.29) is 23.1 Å². The smallest absolute Gasteiger partial charge is 0.242 e. The highest BCUT2D eigenvalue weighted by atomic mass is 35.5. The fraction of sp³-hybridized carbons (Fsp3) is 0.318. The molecule has 0 N–H and O–H groups in total. The number of rotatable bonds is 8. The van der Waals surface area contributed by atoms with Gasteiger partial charge in [0.2, 0.25) is 5.91 Å². The molecule has 1 amide bonds. The van der Waals surface area contributed by atoms with E-state index in [1.807, 2.05) is 18.2 Å². The van der Waals surface area contributed by atoms with Crippen molar-refractivity contribution in [1.29, 1.82) is 0 Å². The number of aromatic nitrogens is 1. The number of nitrogens with zero attached hydrogens (tertiary/aromatic N) is 2. The topological polar surface area (TPSA) is 59.4 Å². The van der Waals surface area contributed by atoms with Crippen molar-refractivity contribution < 1.29 is 13.2 Å². The zero-order valence-corrected chi connectivity index (χ0v) is 18.2. The van der Waals surface area contributed by atoms with Crippen molar-refractivity contribution in [2.24, 2.45) is 0 Å². The highest BCUT2D eigenvalue weighted by Gasteiger charge is 2.23. The number of carbonyl (C=O) groups is 1. The SMILES string of the molecule is CCCCN(C)C(=O)Cn1cc(S(=O)(=O)Cc2ccc(Cl)cc2)c2ccccc21. The molecule has 7 heteroatoms. The summed E-state index contributed by atoms with van der Waals surface area (Å²) in [5.74, 6) is -0.163. The van der Waals surface area contributed by atoms with E-state index in [2.05, 4.69) is 6.92 Å². The molecule has 0 spiro atoms. The van der Waals surface area contributed by atoms with E-state index >= 15 is 0 Å². The van der Waals surface area contributed by atoms with Crippen LogP contribution in [0.1, 0.15) is 25.3 Å². The van der Waals surface area contributed by atoms with Crippen LogP contribution in [-0.2, 0) is 26.9 Å². The second-order valence-corrected chi connectivity index (χ2v) is 9.59. The van der Waals surface area contributed by atoms with E-state index in [1.165, 1.54) is 0 Å². The van der Waals surface area contributed by atoms with Gasteiger partial charge in [-0.05, 0) is 30.2 Å². The van der Waals surface area contributed by atoms with E-state index in [4.69, 9.17) is 11.6 Å². The molecule has 0 aliphatic rings. The van der Waals surface area contributed by atoms with Crippen LogP contribution in [-0.4, -0.2) is 37.4 Å². The molecule has 3 aromatic rings. The fourth-order valence-corrected chi connectivity index (χ4v) is 4.96. The Bertz CT molecular complexity index is 1100. The summed E-state index contributed by atoms with van der Waals surface area (Å²) in [6.07, 6.45) is 3.54. The molecule has 3 rings (SSSR count). The van der Waals surface area contributed by atoms with Gasteiger partial charge in [0.1, 0.15) is 6.54 Å². The molecule has 1 heterocycles. The van der Waals surface area contributed by atoms with Crippen molar-refractivity contribution >= 4 is 38.2 Å². The zero-order chi connectivity index (χ0) is 21.0. The monoisotopic (exact) mass is 432 g/mol. The molecule has 0 saturated carbocycles. The Morgan fingerprint density at radius 2 is 1.79 bits per heavy atom. The second kappa shape index (κ2) is 9.01. The van der Waals surface area contributed by atoms with Crippen molar-refractivity contribution in [1.82, 2.24) is 9.47 Å². The third-order valence-electron chi connectivity index (χ3n) is 4.94. The Morgan fingerprint density at radius 3 is 2.48 bits per heavy atom. The van der Waals surface area contributed by atoms with Crippen LogP contribution in [0.3, 0.4) is 0 Å². The molecule has 154 valence electrons. The van der Waals surface area contributed by atoms with Gasteiger partial charge in [-0.1, -0.05) is 55.3 Å². The van der Waals surface area contributed by atoms with Crippen LogP contribution in [0.25, 0.3) is 10.9 Å². The molecule has 0 radical (unpaired) electrons. The summed E-state index contributed by atoms with van der Waals surface area (Å²) in [4.78, 5) is 14.5. The molecule has 0 atom stereocenters. The van der Waals surface area contributed by atoms with Crippen LogP contribution >= 0.6 is 11.6 Å². The Labute approximate surface area is 176 Å². The van der Waals surface area contributed by atoms with E-state index in [1.54, 1.807) is 53.0 Å². The summed E-state index contributed by atoms with van der Waals surface area (Å²) in [5.41, 5.74) is 1.40. The van der Waals surface area contributed by atoms with E-state index < -0.39 is 9.84 Å². The lowest BCUT2D eigenvalue weighted by molar-refractivity contribution is -0.130. The number of carbonyl (C=O) groups excluding carboxylic acids is 1. The molecular formula is C22H25ClN2O3S. The normalized spacial score (nSPS) is 11.7. The van der Waals surface area contributed by atoms with Gasteiger partial charge in [0.05, 0.1) is 10.6 Å². The van der Waals surface area contributed by atoms with Gasteiger partial charge >= 0.3 is 0 Å². The zero-order valence-electron chi connectivity index (χ0n) is 16.6. The molecule has 0 aliphatic carbocycles. The number of hydrogen-bond acceptors (Lipinski definition) is 3. The number of fused-ring (bicyclic) bond motifs is 1. The number of amides is 1. The van der Waals surface area contributed by atoms with Gasteiger partial charge in [-0.25, -0.2) is 8.42 Å². The Hall–Kier alpha value is -2.31. The molecule has 2 aromatic carbocycles. The Kier molecular flexibility index (Phi) is 6.65. The minimum atomic E-state index is -3.59.